The van der Waals surface area contributed by atoms with Crippen LogP contribution in [-0.2, 0) is 9.59 Å². The van der Waals surface area contributed by atoms with Gasteiger partial charge in [0.05, 0.1) is 6.42 Å². The third kappa shape index (κ3) is 5.61. The lowest BCUT2D eigenvalue weighted by Crippen LogP contribution is -2.23. The number of allylic oxidation sites excluding steroid dienone is 3. The summed E-state index contributed by atoms with van der Waals surface area (Å²) in [4.78, 5) is 21.6. The minimum absolute atomic E-state index is 0.109. The molecular weight excluding hydrogens is 166 g/mol. The van der Waals surface area contributed by atoms with Gasteiger partial charge in [0.2, 0.25) is 5.91 Å². The van der Waals surface area contributed by atoms with Crippen LogP contribution in [0, 0.1) is 0 Å². The highest BCUT2D eigenvalue weighted by atomic mass is 16.2. The first-order chi connectivity index (χ1) is 6.10. The van der Waals surface area contributed by atoms with Gasteiger partial charge in [0.25, 0.3) is 0 Å². The summed E-state index contributed by atoms with van der Waals surface area (Å²) in [6.45, 7) is 8.34. The lowest BCUT2D eigenvalue weighted by Gasteiger charge is -2.02. The van der Waals surface area contributed by atoms with Gasteiger partial charge in [0.1, 0.15) is 5.78 Å². The van der Waals surface area contributed by atoms with E-state index in [0.717, 1.165) is 0 Å². The summed E-state index contributed by atoms with van der Waals surface area (Å²) in [6.07, 6.45) is 4.51. The molecule has 1 amide bonds. The van der Waals surface area contributed by atoms with Crippen molar-refractivity contribution in [1.82, 2.24) is 5.32 Å². The molecule has 0 rings (SSSR count). The molecule has 0 atom stereocenters. The Kier molecular flexibility index (Phi) is 5.19. The van der Waals surface area contributed by atoms with Crippen LogP contribution >= 0.6 is 0 Å². The molecule has 0 aromatic heterocycles. The standard InChI is InChI=1S/C10H13NO2/c1-4-6-9(5-2)11-10(13)7-8(3)12/h4-6H,1-2,7H2,3H3,(H,11,13)/b9-6+. The van der Waals surface area contributed by atoms with E-state index in [-0.39, 0.29) is 18.1 Å². The second kappa shape index (κ2) is 5.94. The molecule has 0 fully saturated rings. The fraction of sp³-hybridized carbons (Fsp3) is 0.200. The van der Waals surface area contributed by atoms with Crippen molar-refractivity contribution < 1.29 is 9.59 Å². The zero-order valence-corrected chi connectivity index (χ0v) is 7.67. The van der Waals surface area contributed by atoms with Gasteiger partial charge in [-0.15, -0.1) is 0 Å². The molecule has 13 heavy (non-hydrogen) atoms. The predicted molar refractivity (Wildman–Crippen MR) is 51.9 cm³/mol. The summed E-state index contributed by atoms with van der Waals surface area (Å²) in [5, 5.41) is 2.51. The fourth-order valence-electron chi connectivity index (χ4n) is 0.719. The van der Waals surface area contributed by atoms with Crippen molar-refractivity contribution in [2.75, 3.05) is 0 Å². The Labute approximate surface area is 77.8 Å². The van der Waals surface area contributed by atoms with Crippen LogP contribution < -0.4 is 5.32 Å². The van der Waals surface area contributed by atoms with Crippen molar-refractivity contribution in [3.63, 3.8) is 0 Å². The molecule has 0 aromatic rings. The predicted octanol–water partition coefficient (Wildman–Crippen LogP) is 1.34. The molecule has 0 saturated carbocycles. The van der Waals surface area contributed by atoms with Crippen molar-refractivity contribution in [2.45, 2.75) is 13.3 Å². The Morgan fingerprint density at radius 3 is 2.38 bits per heavy atom. The Balaban J connectivity index is 4.17. The molecule has 0 radical (unpaired) electrons. The van der Waals surface area contributed by atoms with E-state index in [2.05, 4.69) is 18.5 Å². The van der Waals surface area contributed by atoms with Gasteiger partial charge < -0.3 is 5.32 Å². The van der Waals surface area contributed by atoms with Gasteiger partial charge in [0, 0.05) is 5.70 Å². The smallest absolute Gasteiger partial charge is 0.231 e. The summed E-state index contributed by atoms with van der Waals surface area (Å²) in [5.41, 5.74) is 0.543. The number of hydrogen-bond acceptors (Lipinski definition) is 2. The van der Waals surface area contributed by atoms with Gasteiger partial charge >= 0.3 is 0 Å². The van der Waals surface area contributed by atoms with Crippen LogP contribution in [0.1, 0.15) is 13.3 Å². The molecule has 0 spiro atoms. The molecular formula is C10H13NO2. The van der Waals surface area contributed by atoms with E-state index < -0.39 is 0 Å². The topological polar surface area (TPSA) is 46.2 Å². The first-order valence-corrected chi connectivity index (χ1v) is 3.84. The number of ketones is 1. The largest absolute Gasteiger partial charge is 0.326 e. The average Bonchev–Trinajstić information content (AvgIpc) is 2.02. The van der Waals surface area contributed by atoms with Gasteiger partial charge in [-0.3, -0.25) is 9.59 Å². The second-order valence-electron chi connectivity index (χ2n) is 2.49. The first-order valence-electron chi connectivity index (χ1n) is 3.84. The van der Waals surface area contributed by atoms with Crippen LogP contribution in [0.4, 0.5) is 0 Å². The summed E-state index contributed by atoms with van der Waals surface area (Å²) in [5.74, 6) is -0.500. The van der Waals surface area contributed by atoms with Gasteiger partial charge in [-0.05, 0) is 19.1 Å². The van der Waals surface area contributed by atoms with Crippen molar-refractivity contribution in [3.8, 4) is 0 Å². The van der Waals surface area contributed by atoms with Crippen molar-refractivity contribution in [3.05, 3.63) is 37.1 Å². The summed E-state index contributed by atoms with van der Waals surface area (Å²) in [6, 6.07) is 0. The normalized spacial score (nSPS) is 10.4. The molecule has 3 nitrogen and oxygen atoms in total. The number of hydrogen-bond donors (Lipinski definition) is 1. The van der Waals surface area contributed by atoms with Crippen molar-refractivity contribution in [2.24, 2.45) is 0 Å². The molecule has 0 aromatic carbocycles. The first kappa shape index (κ1) is 11.4. The van der Waals surface area contributed by atoms with E-state index in [9.17, 15) is 9.59 Å². The maximum absolute atomic E-state index is 11.0. The summed E-state index contributed by atoms with van der Waals surface area (Å²) >= 11 is 0. The maximum Gasteiger partial charge on any atom is 0.231 e. The molecule has 0 heterocycles. The lowest BCUT2D eigenvalue weighted by atomic mass is 10.3. The number of Topliss-reactive ketones (excluding diaryl/α,β-unsaturated/α-hetero) is 1. The third-order valence-corrected chi connectivity index (χ3v) is 1.21. The second-order valence-corrected chi connectivity index (χ2v) is 2.49. The van der Waals surface area contributed by atoms with E-state index >= 15 is 0 Å². The fourth-order valence-corrected chi connectivity index (χ4v) is 0.719. The number of carbonyl (C=O) groups is 2. The Morgan fingerprint density at radius 2 is 2.00 bits per heavy atom. The van der Waals surface area contributed by atoms with Gasteiger partial charge in [0.15, 0.2) is 0 Å². The number of nitrogens with one attached hydrogen (secondary N) is 1. The van der Waals surface area contributed by atoms with Gasteiger partial charge in [-0.25, -0.2) is 0 Å². The number of carbonyl (C=O) groups excluding carboxylic acids is 2. The molecule has 0 saturated heterocycles. The molecule has 3 heteroatoms. The van der Waals surface area contributed by atoms with E-state index in [0.29, 0.717) is 5.70 Å². The zero-order chi connectivity index (χ0) is 10.3. The van der Waals surface area contributed by atoms with Crippen LogP contribution in [0.3, 0.4) is 0 Å². The molecule has 0 bridgehead atoms. The lowest BCUT2D eigenvalue weighted by molar-refractivity contribution is -0.126. The maximum atomic E-state index is 11.0. The number of rotatable bonds is 5. The monoisotopic (exact) mass is 179 g/mol. The van der Waals surface area contributed by atoms with Crippen LogP contribution in [0.15, 0.2) is 37.1 Å². The minimum atomic E-state index is -0.333. The highest BCUT2D eigenvalue weighted by molar-refractivity contribution is 5.97. The van der Waals surface area contributed by atoms with E-state index in [1.165, 1.54) is 19.1 Å². The van der Waals surface area contributed by atoms with Crippen LogP contribution in [-0.4, -0.2) is 11.7 Å². The Morgan fingerprint density at radius 1 is 1.38 bits per heavy atom. The van der Waals surface area contributed by atoms with Crippen LogP contribution in [0.25, 0.3) is 0 Å². The third-order valence-electron chi connectivity index (χ3n) is 1.21. The molecule has 0 aliphatic carbocycles. The SMILES string of the molecule is C=C/C=C(\C=C)NC(=O)CC(C)=O. The van der Waals surface area contributed by atoms with Crippen molar-refractivity contribution in [1.29, 1.82) is 0 Å². The van der Waals surface area contributed by atoms with Crippen LogP contribution in [0.5, 0.6) is 0 Å². The average molecular weight is 179 g/mol. The van der Waals surface area contributed by atoms with E-state index in [1.54, 1.807) is 6.08 Å². The highest BCUT2D eigenvalue weighted by Crippen LogP contribution is 1.92. The Bertz CT molecular complexity index is 264. The summed E-state index contributed by atoms with van der Waals surface area (Å²) in [7, 11) is 0. The molecule has 1 N–H and O–H groups in total. The minimum Gasteiger partial charge on any atom is -0.326 e. The van der Waals surface area contributed by atoms with Gasteiger partial charge in [-0.2, -0.15) is 0 Å². The summed E-state index contributed by atoms with van der Waals surface area (Å²) < 4.78 is 0. The molecule has 70 valence electrons. The van der Waals surface area contributed by atoms with Crippen molar-refractivity contribution >= 4 is 11.7 Å². The van der Waals surface area contributed by atoms with Crippen LogP contribution in [0.2, 0.25) is 0 Å². The zero-order valence-electron chi connectivity index (χ0n) is 7.67. The van der Waals surface area contributed by atoms with E-state index in [1.807, 2.05) is 0 Å². The molecule has 0 aliphatic rings. The quantitative estimate of drug-likeness (QED) is 0.511. The van der Waals surface area contributed by atoms with Gasteiger partial charge in [-0.1, -0.05) is 19.2 Å². The highest BCUT2D eigenvalue weighted by Gasteiger charge is 2.04. The number of amides is 1. The Hall–Kier alpha value is -1.64. The molecule has 0 unspecified atom stereocenters. The van der Waals surface area contributed by atoms with E-state index in [4.69, 9.17) is 0 Å². The molecule has 0 aliphatic heterocycles.